The Morgan fingerprint density at radius 3 is 2.12 bits per heavy atom. The summed E-state index contributed by atoms with van der Waals surface area (Å²) in [6.07, 6.45) is 0.470. The second kappa shape index (κ2) is 15.2. The van der Waals surface area contributed by atoms with Gasteiger partial charge in [0.15, 0.2) is 6.04 Å². The lowest BCUT2D eigenvalue weighted by atomic mass is 9.96. The van der Waals surface area contributed by atoms with Crippen molar-refractivity contribution < 1.29 is 33.5 Å². The molecule has 0 aliphatic carbocycles. The van der Waals surface area contributed by atoms with Gasteiger partial charge in [0.2, 0.25) is 11.8 Å². The summed E-state index contributed by atoms with van der Waals surface area (Å²) in [6.45, 7) is 7.66. The number of esters is 1. The number of hydroxylamine groups is 1. The van der Waals surface area contributed by atoms with E-state index in [1.54, 1.807) is 20.8 Å². The van der Waals surface area contributed by atoms with Gasteiger partial charge < -0.3 is 14.4 Å². The maximum atomic E-state index is 13.6. The quantitative estimate of drug-likeness (QED) is 0.319. The average Bonchev–Trinajstić information content (AvgIpc) is 2.95. The van der Waals surface area contributed by atoms with E-state index in [-0.39, 0.29) is 45.2 Å². The summed E-state index contributed by atoms with van der Waals surface area (Å²) in [5, 5.41) is 0. The number of ether oxygens (including phenoxy) is 2. The lowest BCUT2D eigenvalue weighted by Gasteiger charge is -2.41. The van der Waals surface area contributed by atoms with Crippen LogP contribution in [0.4, 0.5) is 4.79 Å². The van der Waals surface area contributed by atoms with Crippen molar-refractivity contribution in [3.63, 3.8) is 0 Å². The molecule has 2 atom stereocenters. The minimum absolute atomic E-state index is 0.0356. The van der Waals surface area contributed by atoms with Crippen LogP contribution in [-0.4, -0.2) is 65.0 Å². The third-order valence-corrected chi connectivity index (χ3v) is 6.50. The van der Waals surface area contributed by atoms with E-state index in [9.17, 15) is 19.2 Å². The highest BCUT2D eigenvalue weighted by Gasteiger charge is 2.41. The Kier molecular flexibility index (Phi) is 11.7. The molecule has 1 aliphatic rings. The molecule has 0 saturated carbocycles. The molecule has 1 N–H and O–H groups in total. The van der Waals surface area contributed by atoms with E-state index < -0.39 is 35.5 Å². The lowest BCUT2D eigenvalue weighted by Crippen LogP contribution is -2.61. The Labute approximate surface area is 241 Å². The third-order valence-electron chi connectivity index (χ3n) is 6.50. The molecule has 0 bridgehead atoms. The molecule has 222 valence electrons. The van der Waals surface area contributed by atoms with Crippen molar-refractivity contribution in [2.45, 2.75) is 71.8 Å². The normalized spacial score (nSPS) is 16.0. The van der Waals surface area contributed by atoms with Gasteiger partial charge in [-0.15, -0.1) is 0 Å². The van der Waals surface area contributed by atoms with Crippen LogP contribution in [0.25, 0.3) is 0 Å². The fourth-order valence-corrected chi connectivity index (χ4v) is 4.51. The predicted octanol–water partition coefficient (Wildman–Crippen LogP) is 4.23. The number of benzene rings is 2. The summed E-state index contributed by atoms with van der Waals surface area (Å²) in [4.78, 5) is 60.6. The molecular formula is C31H41N3O7. The number of nitrogens with one attached hydrogen (secondary N) is 1. The summed E-state index contributed by atoms with van der Waals surface area (Å²) in [6, 6.07) is 17.6. The van der Waals surface area contributed by atoms with Crippen LogP contribution in [0.2, 0.25) is 0 Å². The Bertz CT molecular complexity index is 1150. The molecule has 0 aromatic heterocycles. The van der Waals surface area contributed by atoms with Gasteiger partial charge in [-0.2, -0.15) is 0 Å². The maximum Gasteiger partial charge on any atom is 0.411 e. The van der Waals surface area contributed by atoms with Crippen molar-refractivity contribution in [1.29, 1.82) is 0 Å². The van der Waals surface area contributed by atoms with E-state index in [0.29, 0.717) is 12.8 Å². The van der Waals surface area contributed by atoms with Gasteiger partial charge in [0.1, 0.15) is 12.2 Å². The molecule has 1 fully saturated rings. The SMILES string of the molecule is CCC[C@@H](CC(=O)NOCc1ccccc1)C(=O)N1CCN(C(=O)OC(C)(C)C)[C@H](C(=O)OCc2ccccc2)C1. The lowest BCUT2D eigenvalue weighted by molar-refractivity contribution is -0.156. The van der Waals surface area contributed by atoms with Gasteiger partial charge in [-0.05, 0) is 38.3 Å². The Hall–Kier alpha value is -3.92. The summed E-state index contributed by atoms with van der Waals surface area (Å²) < 4.78 is 11.1. The van der Waals surface area contributed by atoms with Crippen LogP contribution >= 0.6 is 0 Å². The van der Waals surface area contributed by atoms with E-state index >= 15 is 0 Å². The number of rotatable bonds is 11. The zero-order valence-corrected chi connectivity index (χ0v) is 24.3. The van der Waals surface area contributed by atoms with Crippen molar-refractivity contribution in [1.82, 2.24) is 15.3 Å². The molecule has 2 aromatic rings. The zero-order chi connectivity index (χ0) is 29.8. The highest BCUT2D eigenvalue weighted by molar-refractivity contribution is 5.87. The number of hydrogen-bond acceptors (Lipinski definition) is 7. The fourth-order valence-electron chi connectivity index (χ4n) is 4.51. The minimum atomic E-state index is -1.04. The van der Waals surface area contributed by atoms with Crippen molar-refractivity contribution in [3.8, 4) is 0 Å². The molecule has 1 heterocycles. The third kappa shape index (κ3) is 10.2. The monoisotopic (exact) mass is 567 g/mol. The molecule has 10 heteroatoms. The summed E-state index contributed by atoms with van der Waals surface area (Å²) in [7, 11) is 0. The van der Waals surface area contributed by atoms with Crippen LogP contribution in [0, 0.1) is 5.92 Å². The van der Waals surface area contributed by atoms with Gasteiger partial charge in [0, 0.05) is 25.4 Å². The van der Waals surface area contributed by atoms with Crippen molar-refractivity contribution >= 4 is 23.9 Å². The van der Waals surface area contributed by atoms with Crippen LogP contribution < -0.4 is 5.48 Å². The molecular weight excluding hydrogens is 526 g/mol. The van der Waals surface area contributed by atoms with Gasteiger partial charge in [0.25, 0.3) is 0 Å². The van der Waals surface area contributed by atoms with Crippen LogP contribution in [0.1, 0.15) is 58.1 Å². The summed E-state index contributed by atoms with van der Waals surface area (Å²) >= 11 is 0. The Balaban J connectivity index is 1.66. The fraction of sp³-hybridized carbons (Fsp3) is 0.484. The van der Waals surface area contributed by atoms with Crippen LogP contribution in [0.3, 0.4) is 0 Å². The number of nitrogens with zero attached hydrogens (tertiary/aromatic N) is 2. The first-order valence-electron chi connectivity index (χ1n) is 14.0. The van der Waals surface area contributed by atoms with Crippen molar-refractivity contribution in [2.24, 2.45) is 5.92 Å². The van der Waals surface area contributed by atoms with Crippen molar-refractivity contribution in [2.75, 3.05) is 19.6 Å². The Morgan fingerprint density at radius 1 is 0.927 bits per heavy atom. The van der Waals surface area contributed by atoms with E-state index in [0.717, 1.165) is 11.1 Å². The highest BCUT2D eigenvalue weighted by Crippen LogP contribution is 2.22. The largest absolute Gasteiger partial charge is 0.459 e. The molecule has 0 unspecified atom stereocenters. The van der Waals surface area contributed by atoms with Crippen LogP contribution in [0.5, 0.6) is 0 Å². The van der Waals surface area contributed by atoms with E-state index in [2.05, 4.69) is 5.48 Å². The Morgan fingerprint density at radius 2 is 1.54 bits per heavy atom. The van der Waals surface area contributed by atoms with Crippen LogP contribution in [-0.2, 0) is 41.9 Å². The number of amides is 3. The first-order chi connectivity index (χ1) is 19.6. The number of hydrogen-bond donors (Lipinski definition) is 1. The molecule has 3 rings (SSSR count). The maximum absolute atomic E-state index is 13.6. The molecule has 1 aliphatic heterocycles. The first-order valence-corrected chi connectivity index (χ1v) is 14.0. The molecule has 0 spiro atoms. The average molecular weight is 568 g/mol. The van der Waals surface area contributed by atoms with E-state index in [1.165, 1.54) is 9.80 Å². The number of piperazine rings is 1. The first kappa shape index (κ1) is 31.6. The van der Waals surface area contributed by atoms with Gasteiger partial charge in [-0.1, -0.05) is 74.0 Å². The molecule has 41 heavy (non-hydrogen) atoms. The smallest absolute Gasteiger partial charge is 0.411 e. The van der Waals surface area contributed by atoms with Crippen LogP contribution in [0.15, 0.2) is 60.7 Å². The molecule has 10 nitrogen and oxygen atoms in total. The number of carbonyl (C=O) groups excluding carboxylic acids is 4. The van der Waals surface area contributed by atoms with Gasteiger partial charge in [-0.25, -0.2) is 15.1 Å². The second-order valence-electron chi connectivity index (χ2n) is 11.1. The molecule has 3 amide bonds. The van der Waals surface area contributed by atoms with Gasteiger partial charge in [-0.3, -0.25) is 19.3 Å². The standard InChI is InChI=1S/C31H41N3O7/c1-5-12-25(19-27(35)32-40-22-24-15-10-7-11-16-24)28(36)33-17-18-34(30(38)41-31(2,3)4)26(20-33)29(37)39-21-23-13-8-6-9-14-23/h6-11,13-16,25-26H,5,12,17-22H2,1-4H3,(H,32,35)/t25-,26-/m0/s1. The summed E-state index contributed by atoms with van der Waals surface area (Å²) in [5.41, 5.74) is 3.38. The molecule has 1 saturated heterocycles. The zero-order valence-electron chi connectivity index (χ0n) is 24.3. The second-order valence-corrected chi connectivity index (χ2v) is 11.1. The van der Waals surface area contributed by atoms with Gasteiger partial charge >= 0.3 is 12.1 Å². The minimum Gasteiger partial charge on any atom is -0.459 e. The predicted molar refractivity (Wildman–Crippen MR) is 152 cm³/mol. The van der Waals surface area contributed by atoms with Crippen molar-refractivity contribution in [3.05, 3.63) is 71.8 Å². The molecule has 2 aromatic carbocycles. The summed E-state index contributed by atoms with van der Waals surface area (Å²) in [5.74, 6) is -1.89. The molecule has 0 radical (unpaired) electrons. The van der Waals surface area contributed by atoms with E-state index in [4.69, 9.17) is 14.3 Å². The highest BCUT2D eigenvalue weighted by atomic mass is 16.6. The topological polar surface area (TPSA) is 114 Å². The number of carbonyl (C=O) groups is 4. The van der Waals surface area contributed by atoms with E-state index in [1.807, 2.05) is 67.6 Å². The van der Waals surface area contributed by atoms with Gasteiger partial charge in [0.05, 0.1) is 13.2 Å².